The van der Waals surface area contributed by atoms with Crippen LogP contribution < -0.4 is 11.1 Å². The van der Waals surface area contributed by atoms with E-state index in [-0.39, 0.29) is 18.3 Å². The predicted molar refractivity (Wildman–Crippen MR) is 80.1 cm³/mol. The summed E-state index contributed by atoms with van der Waals surface area (Å²) in [5.41, 5.74) is 6.49. The Hall–Kier alpha value is -2.96. The number of carbonyl (C=O) groups excluding carboxylic acids is 2. The van der Waals surface area contributed by atoms with Gasteiger partial charge in [0.2, 0.25) is 11.8 Å². The molecule has 2 amide bonds. The number of carbonyl (C=O) groups is 2. The van der Waals surface area contributed by atoms with Gasteiger partial charge in [-0.3, -0.25) is 14.3 Å². The number of amides is 2. The van der Waals surface area contributed by atoms with E-state index in [2.05, 4.69) is 10.4 Å². The third-order valence-electron chi connectivity index (χ3n) is 2.86. The van der Waals surface area contributed by atoms with Gasteiger partial charge in [0, 0.05) is 18.3 Å². The van der Waals surface area contributed by atoms with E-state index in [0.29, 0.717) is 11.4 Å². The van der Waals surface area contributed by atoms with Gasteiger partial charge in [-0.15, -0.1) is 0 Å². The molecule has 0 aliphatic heterocycles. The van der Waals surface area contributed by atoms with Crippen molar-refractivity contribution in [2.45, 2.75) is 13.5 Å². The molecule has 0 aliphatic carbocycles. The highest BCUT2D eigenvalue weighted by atomic mass is 19.1. The molecule has 0 fully saturated rings. The Balaban J connectivity index is 2.02. The monoisotopic (exact) mass is 302 g/mol. The van der Waals surface area contributed by atoms with Gasteiger partial charge in [0.25, 0.3) is 0 Å². The van der Waals surface area contributed by atoms with Crippen molar-refractivity contribution < 1.29 is 14.0 Å². The molecule has 0 bridgehead atoms. The van der Waals surface area contributed by atoms with Crippen molar-refractivity contribution in [2.75, 3.05) is 5.32 Å². The summed E-state index contributed by atoms with van der Waals surface area (Å²) < 4.78 is 14.2. The maximum atomic E-state index is 12.9. The maximum absolute atomic E-state index is 12.9. The van der Waals surface area contributed by atoms with Crippen LogP contribution in [0.5, 0.6) is 0 Å². The first-order valence-electron chi connectivity index (χ1n) is 6.51. The van der Waals surface area contributed by atoms with E-state index in [1.807, 2.05) is 0 Å². The molecule has 2 aromatic rings. The number of allylic oxidation sites excluding steroid dienone is 1. The minimum Gasteiger partial charge on any atom is -0.368 e. The number of hydrogen-bond acceptors (Lipinski definition) is 3. The van der Waals surface area contributed by atoms with Crippen molar-refractivity contribution in [1.29, 1.82) is 0 Å². The maximum Gasteiger partial charge on any atom is 0.249 e. The van der Waals surface area contributed by atoms with E-state index in [0.717, 1.165) is 5.56 Å². The van der Waals surface area contributed by atoms with Gasteiger partial charge >= 0.3 is 0 Å². The van der Waals surface area contributed by atoms with Crippen molar-refractivity contribution in [3.05, 3.63) is 54.0 Å². The number of nitrogens with two attached hydrogens (primary N) is 1. The Labute approximate surface area is 126 Å². The number of rotatable bonds is 5. The summed E-state index contributed by atoms with van der Waals surface area (Å²) in [6, 6.07) is 7.40. The smallest absolute Gasteiger partial charge is 0.249 e. The summed E-state index contributed by atoms with van der Waals surface area (Å²) in [6.07, 6.45) is 2.93. The van der Waals surface area contributed by atoms with Crippen molar-refractivity contribution in [2.24, 2.45) is 5.73 Å². The topological polar surface area (TPSA) is 90.0 Å². The molecule has 1 aromatic heterocycles. The Morgan fingerprint density at radius 3 is 2.64 bits per heavy atom. The zero-order chi connectivity index (χ0) is 16.1. The number of halogens is 1. The van der Waals surface area contributed by atoms with Crippen LogP contribution >= 0.6 is 0 Å². The van der Waals surface area contributed by atoms with E-state index in [1.54, 1.807) is 25.1 Å². The lowest BCUT2D eigenvalue weighted by Crippen LogP contribution is -2.19. The lowest BCUT2D eigenvalue weighted by atomic mass is 10.1. The zero-order valence-corrected chi connectivity index (χ0v) is 11.9. The summed E-state index contributed by atoms with van der Waals surface area (Å²) in [4.78, 5) is 22.7. The molecule has 0 unspecified atom stereocenters. The van der Waals surface area contributed by atoms with Crippen LogP contribution in [0.25, 0.3) is 5.57 Å². The Kier molecular flexibility index (Phi) is 4.67. The Morgan fingerprint density at radius 2 is 2.00 bits per heavy atom. The summed E-state index contributed by atoms with van der Waals surface area (Å²) >= 11 is 0. The SMILES string of the molecule is C/C(=C/C(=O)Nc1ccn(CC(N)=O)n1)c1ccc(F)cc1. The van der Waals surface area contributed by atoms with Crippen molar-refractivity contribution in [3.8, 4) is 0 Å². The number of hydrogen-bond donors (Lipinski definition) is 2. The van der Waals surface area contributed by atoms with Crippen LogP contribution in [0.4, 0.5) is 10.2 Å². The largest absolute Gasteiger partial charge is 0.368 e. The van der Waals surface area contributed by atoms with Crippen LogP contribution in [0, 0.1) is 5.82 Å². The van der Waals surface area contributed by atoms with Gasteiger partial charge in [-0.25, -0.2) is 4.39 Å². The highest BCUT2D eigenvalue weighted by Gasteiger charge is 2.05. The van der Waals surface area contributed by atoms with Crippen LogP contribution in [0.2, 0.25) is 0 Å². The molecule has 7 heteroatoms. The fourth-order valence-corrected chi connectivity index (χ4v) is 1.83. The molecule has 0 spiro atoms. The van der Waals surface area contributed by atoms with Gasteiger partial charge in [0.05, 0.1) is 0 Å². The minimum atomic E-state index is -0.520. The summed E-state index contributed by atoms with van der Waals surface area (Å²) in [7, 11) is 0. The third kappa shape index (κ3) is 4.27. The average Bonchev–Trinajstić information content (AvgIpc) is 2.85. The Bertz CT molecular complexity index is 719. The van der Waals surface area contributed by atoms with Crippen LogP contribution in [0.15, 0.2) is 42.6 Å². The quantitative estimate of drug-likeness (QED) is 0.821. The van der Waals surface area contributed by atoms with Crippen LogP contribution in [-0.2, 0) is 16.1 Å². The second-order valence-electron chi connectivity index (χ2n) is 4.69. The highest BCUT2D eigenvalue weighted by molar-refractivity contribution is 6.03. The second-order valence-corrected chi connectivity index (χ2v) is 4.69. The van der Waals surface area contributed by atoms with E-state index in [1.165, 1.54) is 29.1 Å². The number of primary amides is 1. The molecule has 0 atom stereocenters. The van der Waals surface area contributed by atoms with Crippen LogP contribution in [-0.4, -0.2) is 21.6 Å². The number of nitrogens with zero attached hydrogens (tertiary/aromatic N) is 2. The fourth-order valence-electron chi connectivity index (χ4n) is 1.83. The number of nitrogens with one attached hydrogen (secondary N) is 1. The summed E-state index contributed by atoms with van der Waals surface area (Å²) in [6.45, 7) is 1.69. The van der Waals surface area contributed by atoms with Gasteiger partial charge in [-0.1, -0.05) is 12.1 Å². The number of benzene rings is 1. The molecule has 1 aromatic carbocycles. The molecule has 0 radical (unpaired) electrons. The lowest BCUT2D eigenvalue weighted by molar-refractivity contribution is -0.118. The van der Waals surface area contributed by atoms with Crippen molar-refractivity contribution in [1.82, 2.24) is 9.78 Å². The molecule has 1 heterocycles. The first kappa shape index (κ1) is 15.4. The molecule has 0 saturated heterocycles. The van der Waals surface area contributed by atoms with Gasteiger partial charge in [0.1, 0.15) is 12.4 Å². The predicted octanol–water partition coefficient (Wildman–Crippen LogP) is 1.55. The van der Waals surface area contributed by atoms with Gasteiger partial charge in [-0.05, 0) is 30.2 Å². The first-order valence-corrected chi connectivity index (χ1v) is 6.51. The van der Waals surface area contributed by atoms with Crippen molar-refractivity contribution in [3.63, 3.8) is 0 Å². The van der Waals surface area contributed by atoms with Crippen molar-refractivity contribution >= 4 is 23.2 Å². The standard InChI is InChI=1S/C15H15FN4O2/c1-10(11-2-4-12(16)5-3-11)8-15(22)18-14-6-7-20(19-14)9-13(17)21/h2-8H,9H2,1H3,(H2,17,21)(H,18,19,22)/b10-8-. The molecule has 2 rings (SSSR count). The lowest BCUT2D eigenvalue weighted by Gasteiger charge is -2.02. The van der Waals surface area contributed by atoms with Gasteiger partial charge < -0.3 is 11.1 Å². The number of anilines is 1. The Morgan fingerprint density at radius 1 is 1.32 bits per heavy atom. The zero-order valence-electron chi connectivity index (χ0n) is 11.9. The molecule has 3 N–H and O–H groups in total. The first-order chi connectivity index (χ1) is 10.4. The van der Waals surface area contributed by atoms with E-state index in [4.69, 9.17) is 5.73 Å². The normalized spacial score (nSPS) is 11.3. The molecule has 6 nitrogen and oxygen atoms in total. The summed E-state index contributed by atoms with van der Waals surface area (Å²) in [5.74, 6) is -0.908. The molecular weight excluding hydrogens is 287 g/mol. The van der Waals surface area contributed by atoms with E-state index in [9.17, 15) is 14.0 Å². The molecule has 22 heavy (non-hydrogen) atoms. The molecular formula is C15H15FN4O2. The molecule has 0 saturated carbocycles. The number of aromatic nitrogens is 2. The van der Waals surface area contributed by atoms with Gasteiger partial charge in [0.15, 0.2) is 5.82 Å². The average molecular weight is 302 g/mol. The molecule has 114 valence electrons. The van der Waals surface area contributed by atoms with E-state index >= 15 is 0 Å². The summed E-state index contributed by atoms with van der Waals surface area (Å²) in [5, 5.41) is 6.56. The van der Waals surface area contributed by atoms with E-state index < -0.39 is 5.91 Å². The second kappa shape index (κ2) is 6.66. The minimum absolute atomic E-state index is 0.0552. The highest BCUT2D eigenvalue weighted by Crippen LogP contribution is 2.14. The van der Waals surface area contributed by atoms with Gasteiger partial charge in [-0.2, -0.15) is 5.10 Å². The van der Waals surface area contributed by atoms with Crippen LogP contribution in [0.3, 0.4) is 0 Å². The fraction of sp³-hybridized carbons (Fsp3) is 0.133. The third-order valence-corrected chi connectivity index (χ3v) is 2.86. The molecule has 0 aliphatic rings. The van der Waals surface area contributed by atoms with Crippen LogP contribution in [0.1, 0.15) is 12.5 Å².